The van der Waals surface area contributed by atoms with Gasteiger partial charge in [0.05, 0.1) is 15.5 Å². The fraction of sp³-hybridized carbons (Fsp3) is 0.120. The molecular weight excluding hydrogens is 518 g/mol. The molecule has 3 aromatic rings. The fourth-order valence-electron chi connectivity index (χ4n) is 4.57. The summed E-state index contributed by atoms with van der Waals surface area (Å²) >= 11 is 6.11. The van der Waals surface area contributed by atoms with E-state index in [1.165, 1.54) is 12.1 Å². The Balaban J connectivity index is 1.37. The van der Waals surface area contributed by atoms with Crippen LogP contribution < -0.4 is 25.3 Å². The average Bonchev–Trinajstić information content (AvgIpc) is 3.53. The quantitative estimate of drug-likeness (QED) is 0.366. The Morgan fingerprint density at radius 1 is 1.03 bits per heavy atom. The van der Waals surface area contributed by atoms with Gasteiger partial charge in [-0.1, -0.05) is 17.7 Å². The lowest BCUT2D eigenvalue weighted by molar-refractivity contribution is -0.384. The number of carbonyl (C=O) groups is 2. The van der Waals surface area contributed by atoms with Gasteiger partial charge in [0.2, 0.25) is 12.3 Å². The minimum atomic E-state index is -1.62. The van der Waals surface area contributed by atoms with E-state index in [0.717, 1.165) is 6.07 Å². The first-order valence-electron chi connectivity index (χ1n) is 11.2. The molecule has 13 heteroatoms. The molecule has 3 aromatic carbocycles. The lowest BCUT2D eigenvalue weighted by Gasteiger charge is -2.28. The smallest absolute Gasteiger partial charge is 0.270 e. The van der Waals surface area contributed by atoms with E-state index in [9.17, 15) is 19.7 Å². The highest BCUT2D eigenvalue weighted by atomic mass is 35.5. The van der Waals surface area contributed by atoms with Crippen molar-refractivity contribution in [3.63, 3.8) is 0 Å². The molecule has 190 valence electrons. The van der Waals surface area contributed by atoms with Crippen LogP contribution in [0.5, 0.6) is 17.2 Å². The van der Waals surface area contributed by atoms with E-state index in [4.69, 9.17) is 31.5 Å². The molecule has 1 atom stereocenters. The van der Waals surface area contributed by atoms with E-state index in [1.807, 2.05) is 0 Å². The van der Waals surface area contributed by atoms with E-state index >= 15 is 0 Å². The number of halogens is 1. The van der Waals surface area contributed by atoms with Crippen molar-refractivity contribution in [2.75, 3.05) is 18.7 Å². The second-order valence-corrected chi connectivity index (χ2v) is 8.95. The Hall–Kier alpha value is -4.97. The number of carbonyl (C=O) groups excluding carboxylic acids is 2. The van der Waals surface area contributed by atoms with E-state index in [2.05, 4.69) is 15.5 Å². The maximum atomic E-state index is 12.9. The summed E-state index contributed by atoms with van der Waals surface area (Å²) in [5.74, 6) is 0.0488. The number of nitrogens with two attached hydrogens (primary N) is 1. The number of rotatable bonds is 5. The average molecular weight is 534 g/mol. The van der Waals surface area contributed by atoms with Crippen molar-refractivity contribution in [1.82, 2.24) is 0 Å². The molecule has 0 fully saturated rings. The number of fused-ring (bicyclic) bond motifs is 3. The third kappa shape index (κ3) is 3.53. The van der Waals surface area contributed by atoms with E-state index in [-0.39, 0.29) is 29.7 Å². The number of nitrogens with zero attached hydrogens (tertiary/aromatic N) is 3. The standard InChI is InChI=1S/C25H16ClN5O7/c26-18-4-3-14(31(34)35)9-15(18)23(32)28-13-2-6-19-16(8-13)22-17(10-36-19)25(24(27)33,30-29-22)12-1-5-20-21(7-12)38-11-37-20/h1-9H,10-11H2,(H2,27,33)(H,28,32). The van der Waals surface area contributed by atoms with Crippen molar-refractivity contribution in [3.8, 4) is 17.2 Å². The molecule has 0 aromatic heterocycles. The number of non-ortho nitro benzene ring substituents is 1. The summed E-state index contributed by atoms with van der Waals surface area (Å²) < 4.78 is 16.7. The first-order valence-corrected chi connectivity index (χ1v) is 11.5. The first-order chi connectivity index (χ1) is 18.3. The summed E-state index contributed by atoms with van der Waals surface area (Å²) in [4.78, 5) is 36.2. The number of hydrogen-bond acceptors (Lipinski definition) is 9. The van der Waals surface area contributed by atoms with Crippen LogP contribution in [0, 0.1) is 10.1 Å². The highest BCUT2D eigenvalue weighted by molar-refractivity contribution is 6.34. The lowest BCUT2D eigenvalue weighted by atomic mass is 9.80. The Morgan fingerprint density at radius 3 is 2.61 bits per heavy atom. The SMILES string of the molecule is NC(=O)C1(c2ccc3c(c2)OCO3)N=NC2=C1COc1ccc(NC(=O)c3cc([N+](=O)[O-])ccc3Cl)cc12. The molecule has 1 unspecified atom stereocenters. The van der Waals surface area contributed by atoms with Gasteiger partial charge in [-0.15, -0.1) is 0 Å². The van der Waals surface area contributed by atoms with Gasteiger partial charge in [-0.2, -0.15) is 10.2 Å². The van der Waals surface area contributed by atoms with Gasteiger partial charge in [0, 0.05) is 29.0 Å². The zero-order valence-electron chi connectivity index (χ0n) is 19.3. The van der Waals surface area contributed by atoms with Crippen LogP contribution in [0.15, 0.2) is 70.4 Å². The zero-order valence-corrected chi connectivity index (χ0v) is 20.0. The van der Waals surface area contributed by atoms with Crippen LogP contribution in [-0.4, -0.2) is 30.1 Å². The number of anilines is 1. The minimum absolute atomic E-state index is 0.00170. The molecule has 3 heterocycles. The number of amides is 2. The Morgan fingerprint density at radius 2 is 1.82 bits per heavy atom. The largest absolute Gasteiger partial charge is 0.488 e. The number of nitro groups is 1. The molecule has 3 aliphatic rings. The minimum Gasteiger partial charge on any atom is -0.488 e. The summed E-state index contributed by atoms with van der Waals surface area (Å²) in [7, 11) is 0. The van der Waals surface area contributed by atoms with Gasteiger partial charge >= 0.3 is 0 Å². The molecule has 0 saturated heterocycles. The van der Waals surface area contributed by atoms with Crippen LogP contribution in [0.4, 0.5) is 11.4 Å². The maximum absolute atomic E-state index is 12.9. The molecule has 3 aliphatic heterocycles. The molecule has 38 heavy (non-hydrogen) atoms. The number of hydrogen-bond donors (Lipinski definition) is 2. The molecule has 0 aliphatic carbocycles. The first kappa shape index (κ1) is 23.4. The molecule has 6 rings (SSSR count). The van der Waals surface area contributed by atoms with Crippen LogP contribution in [0.1, 0.15) is 21.5 Å². The number of ether oxygens (including phenoxy) is 3. The number of azo groups is 1. The molecule has 0 bridgehead atoms. The van der Waals surface area contributed by atoms with Crippen LogP contribution >= 0.6 is 11.6 Å². The Labute approximate surface area is 218 Å². The third-order valence-corrected chi connectivity index (χ3v) is 6.77. The zero-order chi connectivity index (χ0) is 26.6. The van der Waals surface area contributed by atoms with Crippen molar-refractivity contribution in [2.45, 2.75) is 5.54 Å². The predicted octanol–water partition coefficient (Wildman–Crippen LogP) is 4.18. The van der Waals surface area contributed by atoms with E-state index in [0.29, 0.717) is 45.3 Å². The van der Waals surface area contributed by atoms with Gasteiger partial charge in [-0.05, 0) is 42.0 Å². The third-order valence-electron chi connectivity index (χ3n) is 6.44. The molecule has 0 radical (unpaired) electrons. The molecule has 0 saturated carbocycles. The van der Waals surface area contributed by atoms with Crippen molar-refractivity contribution >= 4 is 40.5 Å². The summed E-state index contributed by atoms with van der Waals surface area (Å²) in [6.45, 7) is 0.0616. The topological polar surface area (TPSA) is 168 Å². The number of primary amides is 1. The van der Waals surface area contributed by atoms with Crippen molar-refractivity contribution in [3.05, 3.63) is 92.0 Å². The normalized spacial score (nSPS) is 18.4. The fourth-order valence-corrected chi connectivity index (χ4v) is 4.77. The summed E-state index contributed by atoms with van der Waals surface area (Å²) in [6.07, 6.45) is 0. The van der Waals surface area contributed by atoms with Crippen molar-refractivity contribution in [2.24, 2.45) is 16.0 Å². The summed E-state index contributed by atoms with van der Waals surface area (Å²) in [5, 5.41) is 22.5. The van der Waals surface area contributed by atoms with Crippen LogP contribution in [0.25, 0.3) is 5.70 Å². The summed E-state index contributed by atoms with van der Waals surface area (Å²) in [6, 6.07) is 13.4. The van der Waals surface area contributed by atoms with Gasteiger partial charge in [-0.3, -0.25) is 19.7 Å². The number of nitrogens with one attached hydrogen (secondary N) is 1. The van der Waals surface area contributed by atoms with Crippen LogP contribution in [-0.2, 0) is 10.3 Å². The predicted molar refractivity (Wildman–Crippen MR) is 133 cm³/mol. The van der Waals surface area contributed by atoms with Gasteiger partial charge in [0.15, 0.2) is 11.5 Å². The number of benzene rings is 3. The highest BCUT2D eigenvalue weighted by Crippen LogP contribution is 2.50. The Bertz CT molecular complexity index is 1640. The van der Waals surface area contributed by atoms with Crippen LogP contribution in [0.2, 0.25) is 5.02 Å². The monoisotopic (exact) mass is 533 g/mol. The van der Waals surface area contributed by atoms with E-state index < -0.39 is 22.3 Å². The molecule has 3 N–H and O–H groups in total. The van der Waals surface area contributed by atoms with Crippen LogP contribution in [0.3, 0.4) is 0 Å². The second-order valence-electron chi connectivity index (χ2n) is 8.54. The lowest BCUT2D eigenvalue weighted by Crippen LogP contribution is -2.42. The molecule has 0 spiro atoms. The molecule has 2 amide bonds. The van der Waals surface area contributed by atoms with Gasteiger partial charge < -0.3 is 25.3 Å². The number of nitro benzene ring substituents is 1. The van der Waals surface area contributed by atoms with Crippen molar-refractivity contribution in [1.29, 1.82) is 0 Å². The van der Waals surface area contributed by atoms with Crippen molar-refractivity contribution < 1.29 is 28.7 Å². The highest BCUT2D eigenvalue weighted by Gasteiger charge is 2.50. The van der Waals surface area contributed by atoms with E-state index in [1.54, 1.807) is 36.4 Å². The van der Waals surface area contributed by atoms with Gasteiger partial charge in [0.1, 0.15) is 18.1 Å². The summed E-state index contributed by atoms with van der Waals surface area (Å²) in [5.41, 5.74) is 5.98. The van der Waals surface area contributed by atoms with Gasteiger partial charge in [-0.25, -0.2) is 0 Å². The second kappa shape index (κ2) is 8.56. The van der Waals surface area contributed by atoms with Gasteiger partial charge in [0.25, 0.3) is 17.5 Å². The molecular formula is C25H16ClN5O7. The maximum Gasteiger partial charge on any atom is 0.270 e. The Kier molecular flexibility index (Phi) is 5.28. The molecule has 12 nitrogen and oxygen atoms in total.